The first kappa shape index (κ1) is 13.5. The van der Waals surface area contributed by atoms with E-state index in [1.807, 2.05) is 14.0 Å². The van der Waals surface area contributed by atoms with Crippen LogP contribution < -0.4 is 10.6 Å². The number of carbonyl (C=O) groups is 1. The third-order valence-electron chi connectivity index (χ3n) is 3.11. The lowest BCUT2D eigenvalue weighted by molar-refractivity contribution is -0.124. The molecule has 0 aromatic rings. The normalized spacial score (nSPS) is 18.6. The molecule has 2 N–H and O–H groups in total. The van der Waals surface area contributed by atoms with Gasteiger partial charge in [-0.2, -0.15) is 0 Å². The van der Waals surface area contributed by atoms with Crippen molar-refractivity contribution >= 4 is 5.91 Å². The maximum Gasteiger partial charge on any atom is 0.224 e. The predicted octanol–water partition coefficient (Wildman–Crippen LogP) is 0.444. The molecule has 1 aliphatic heterocycles. The van der Waals surface area contributed by atoms with Gasteiger partial charge in [-0.1, -0.05) is 6.92 Å². The van der Waals surface area contributed by atoms with E-state index < -0.39 is 0 Å². The van der Waals surface area contributed by atoms with Crippen molar-refractivity contribution in [1.82, 2.24) is 15.5 Å². The molecule has 1 heterocycles. The standard InChI is InChI=1S/C12H25N3O/c1-11(10-13-2)12(16)14-6-5-9-15-7-3-4-8-15/h11,13H,3-10H2,1-2H3,(H,14,16). The lowest BCUT2D eigenvalue weighted by Crippen LogP contribution is -2.35. The minimum atomic E-state index is 0.0665. The molecule has 0 aromatic carbocycles. The number of hydrogen-bond donors (Lipinski definition) is 2. The fourth-order valence-electron chi connectivity index (χ4n) is 2.09. The Hall–Kier alpha value is -0.610. The second-order valence-electron chi connectivity index (χ2n) is 4.65. The molecule has 0 aliphatic carbocycles. The van der Waals surface area contributed by atoms with Gasteiger partial charge in [0.05, 0.1) is 0 Å². The highest BCUT2D eigenvalue weighted by molar-refractivity contribution is 5.78. The van der Waals surface area contributed by atoms with Crippen molar-refractivity contribution in [1.29, 1.82) is 0 Å². The molecule has 0 bridgehead atoms. The summed E-state index contributed by atoms with van der Waals surface area (Å²) in [7, 11) is 1.87. The van der Waals surface area contributed by atoms with E-state index in [1.165, 1.54) is 25.9 Å². The van der Waals surface area contributed by atoms with Crippen LogP contribution in [0, 0.1) is 5.92 Å². The van der Waals surface area contributed by atoms with Crippen LogP contribution in [0.3, 0.4) is 0 Å². The first-order chi connectivity index (χ1) is 7.74. The van der Waals surface area contributed by atoms with Gasteiger partial charge in [-0.3, -0.25) is 4.79 Å². The average molecular weight is 227 g/mol. The Morgan fingerprint density at radius 3 is 2.69 bits per heavy atom. The van der Waals surface area contributed by atoms with Gasteiger partial charge in [-0.05, 0) is 45.9 Å². The summed E-state index contributed by atoms with van der Waals surface area (Å²) in [5.41, 5.74) is 0. The first-order valence-electron chi connectivity index (χ1n) is 6.38. The van der Waals surface area contributed by atoms with Crippen molar-refractivity contribution in [2.24, 2.45) is 5.92 Å². The maximum atomic E-state index is 11.6. The minimum Gasteiger partial charge on any atom is -0.356 e. The molecule has 4 nitrogen and oxygen atoms in total. The molecule has 1 rings (SSSR count). The maximum absolute atomic E-state index is 11.6. The molecule has 0 aromatic heterocycles. The molecule has 1 unspecified atom stereocenters. The largest absolute Gasteiger partial charge is 0.356 e. The van der Waals surface area contributed by atoms with E-state index in [9.17, 15) is 4.79 Å². The SMILES string of the molecule is CNCC(C)C(=O)NCCCN1CCCC1. The molecule has 1 aliphatic rings. The Labute approximate surface area is 98.8 Å². The first-order valence-corrected chi connectivity index (χ1v) is 6.38. The highest BCUT2D eigenvalue weighted by Gasteiger charge is 2.12. The summed E-state index contributed by atoms with van der Waals surface area (Å²) in [5.74, 6) is 0.229. The van der Waals surface area contributed by atoms with Crippen LogP contribution in [0.4, 0.5) is 0 Å². The second kappa shape index (κ2) is 7.63. The number of nitrogens with one attached hydrogen (secondary N) is 2. The quantitative estimate of drug-likeness (QED) is 0.621. The van der Waals surface area contributed by atoms with E-state index in [0.717, 1.165) is 26.1 Å². The molecule has 1 atom stereocenters. The van der Waals surface area contributed by atoms with E-state index in [0.29, 0.717) is 0 Å². The fourth-order valence-corrected chi connectivity index (χ4v) is 2.09. The molecule has 94 valence electrons. The highest BCUT2D eigenvalue weighted by atomic mass is 16.1. The highest BCUT2D eigenvalue weighted by Crippen LogP contribution is 2.06. The molecule has 1 saturated heterocycles. The van der Waals surface area contributed by atoms with Crippen LogP contribution in [0.2, 0.25) is 0 Å². The van der Waals surface area contributed by atoms with Crippen LogP contribution in [-0.2, 0) is 4.79 Å². The number of nitrogens with zero attached hydrogens (tertiary/aromatic N) is 1. The number of rotatable bonds is 7. The number of carbonyl (C=O) groups excluding carboxylic acids is 1. The lowest BCUT2D eigenvalue weighted by Gasteiger charge is -2.15. The Bertz CT molecular complexity index is 202. The van der Waals surface area contributed by atoms with Gasteiger partial charge in [0.25, 0.3) is 0 Å². The molecule has 0 spiro atoms. The summed E-state index contributed by atoms with van der Waals surface area (Å²) >= 11 is 0. The van der Waals surface area contributed by atoms with Crippen LogP contribution in [0.25, 0.3) is 0 Å². The van der Waals surface area contributed by atoms with Gasteiger partial charge in [0.2, 0.25) is 5.91 Å². The summed E-state index contributed by atoms with van der Waals surface area (Å²) in [5, 5.41) is 6.00. The van der Waals surface area contributed by atoms with Crippen LogP contribution in [-0.4, -0.2) is 50.6 Å². The van der Waals surface area contributed by atoms with Crippen molar-refractivity contribution in [2.75, 3.05) is 39.8 Å². The number of likely N-dealkylation sites (tertiary alicyclic amines) is 1. The molecule has 1 fully saturated rings. The van der Waals surface area contributed by atoms with Crippen LogP contribution in [0.15, 0.2) is 0 Å². The van der Waals surface area contributed by atoms with E-state index in [2.05, 4.69) is 15.5 Å². The molecule has 4 heteroatoms. The Morgan fingerprint density at radius 1 is 1.38 bits per heavy atom. The zero-order valence-corrected chi connectivity index (χ0v) is 10.6. The van der Waals surface area contributed by atoms with Gasteiger partial charge in [0, 0.05) is 19.0 Å². The Kier molecular flexibility index (Phi) is 6.42. The molecule has 0 saturated carbocycles. The summed E-state index contributed by atoms with van der Waals surface area (Å²) in [6.07, 6.45) is 3.75. The van der Waals surface area contributed by atoms with Crippen molar-refractivity contribution < 1.29 is 4.79 Å². The van der Waals surface area contributed by atoms with Crippen LogP contribution in [0.1, 0.15) is 26.2 Å². The molecular formula is C12H25N3O. The third-order valence-corrected chi connectivity index (χ3v) is 3.11. The molecule has 1 amide bonds. The second-order valence-corrected chi connectivity index (χ2v) is 4.65. The van der Waals surface area contributed by atoms with Crippen molar-refractivity contribution in [3.8, 4) is 0 Å². The Morgan fingerprint density at radius 2 is 2.06 bits per heavy atom. The third kappa shape index (κ3) is 4.94. The van der Waals surface area contributed by atoms with Gasteiger partial charge in [-0.15, -0.1) is 0 Å². The minimum absolute atomic E-state index is 0.0665. The topological polar surface area (TPSA) is 44.4 Å². The monoisotopic (exact) mass is 227 g/mol. The summed E-state index contributed by atoms with van der Waals surface area (Å²) in [4.78, 5) is 14.0. The van der Waals surface area contributed by atoms with Crippen molar-refractivity contribution in [2.45, 2.75) is 26.2 Å². The van der Waals surface area contributed by atoms with E-state index in [4.69, 9.17) is 0 Å². The van der Waals surface area contributed by atoms with E-state index in [-0.39, 0.29) is 11.8 Å². The zero-order valence-electron chi connectivity index (χ0n) is 10.6. The van der Waals surface area contributed by atoms with Gasteiger partial charge < -0.3 is 15.5 Å². The molecular weight excluding hydrogens is 202 g/mol. The predicted molar refractivity (Wildman–Crippen MR) is 66.4 cm³/mol. The molecule has 16 heavy (non-hydrogen) atoms. The molecule has 0 radical (unpaired) electrons. The van der Waals surface area contributed by atoms with Gasteiger partial charge >= 0.3 is 0 Å². The number of hydrogen-bond acceptors (Lipinski definition) is 3. The zero-order chi connectivity index (χ0) is 11.8. The lowest BCUT2D eigenvalue weighted by atomic mass is 10.1. The smallest absolute Gasteiger partial charge is 0.224 e. The average Bonchev–Trinajstić information content (AvgIpc) is 2.77. The van der Waals surface area contributed by atoms with Crippen molar-refractivity contribution in [3.05, 3.63) is 0 Å². The van der Waals surface area contributed by atoms with Gasteiger partial charge in [-0.25, -0.2) is 0 Å². The number of amides is 1. The van der Waals surface area contributed by atoms with E-state index >= 15 is 0 Å². The fraction of sp³-hybridized carbons (Fsp3) is 0.917. The summed E-state index contributed by atoms with van der Waals surface area (Å²) in [6, 6.07) is 0. The Balaban J connectivity index is 1.99. The van der Waals surface area contributed by atoms with Crippen molar-refractivity contribution in [3.63, 3.8) is 0 Å². The summed E-state index contributed by atoms with van der Waals surface area (Å²) in [6.45, 7) is 7.11. The van der Waals surface area contributed by atoms with Crippen LogP contribution in [0.5, 0.6) is 0 Å². The van der Waals surface area contributed by atoms with Crippen LogP contribution >= 0.6 is 0 Å². The van der Waals surface area contributed by atoms with Gasteiger partial charge in [0.1, 0.15) is 0 Å². The summed E-state index contributed by atoms with van der Waals surface area (Å²) < 4.78 is 0. The van der Waals surface area contributed by atoms with Gasteiger partial charge in [0.15, 0.2) is 0 Å². The van der Waals surface area contributed by atoms with E-state index in [1.54, 1.807) is 0 Å².